The van der Waals surface area contributed by atoms with E-state index < -0.39 is 11.6 Å². The summed E-state index contributed by atoms with van der Waals surface area (Å²) in [7, 11) is 0. The highest BCUT2D eigenvalue weighted by Gasteiger charge is 2.34. The van der Waals surface area contributed by atoms with Crippen molar-refractivity contribution >= 4 is 16.8 Å². The zero-order chi connectivity index (χ0) is 18.9. The van der Waals surface area contributed by atoms with E-state index in [1.807, 2.05) is 25.1 Å². The number of hydrogen-bond acceptors (Lipinski definition) is 4. The molecule has 1 aliphatic rings. The number of benzene rings is 1. The van der Waals surface area contributed by atoms with Gasteiger partial charge in [-0.15, -0.1) is 0 Å². The molecule has 7 heteroatoms. The van der Waals surface area contributed by atoms with Gasteiger partial charge in [0.15, 0.2) is 5.67 Å². The Bertz CT molecular complexity index is 850. The fourth-order valence-corrected chi connectivity index (χ4v) is 3.37. The molecule has 0 spiro atoms. The highest BCUT2D eigenvalue weighted by Crippen LogP contribution is 2.20. The lowest BCUT2D eigenvalue weighted by atomic mass is 10.0. The fourth-order valence-electron chi connectivity index (χ4n) is 3.37. The highest BCUT2D eigenvalue weighted by molar-refractivity contribution is 5.84. The van der Waals surface area contributed by atoms with Crippen molar-refractivity contribution in [1.82, 2.24) is 20.2 Å². The molecule has 26 heavy (non-hydrogen) atoms. The van der Waals surface area contributed by atoms with E-state index in [1.165, 1.54) is 13.8 Å². The number of H-pyrrole nitrogens is 1. The van der Waals surface area contributed by atoms with Crippen LogP contribution in [0, 0.1) is 0 Å². The maximum Gasteiger partial charge on any atom is 0.259 e. The van der Waals surface area contributed by atoms with Gasteiger partial charge in [-0.05, 0) is 45.7 Å². The number of nitrogens with one attached hydrogen (secondary N) is 2. The molecule has 6 nitrogen and oxygen atoms in total. The smallest absolute Gasteiger partial charge is 0.259 e. The van der Waals surface area contributed by atoms with Crippen LogP contribution in [0.25, 0.3) is 10.9 Å². The van der Waals surface area contributed by atoms with Crippen LogP contribution < -0.4 is 10.9 Å². The van der Waals surface area contributed by atoms with Gasteiger partial charge in [0.05, 0.1) is 16.9 Å². The molecule has 140 valence electrons. The third kappa shape index (κ3) is 3.93. The first kappa shape index (κ1) is 18.5. The van der Waals surface area contributed by atoms with Gasteiger partial charge in [-0.2, -0.15) is 0 Å². The van der Waals surface area contributed by atoms with Crippen molar-refractivity contribution in [2.45, 2.75) is 51.4 Å². The number of hydrogen-bond donors (Lipinski definition) is 2. The Morgan fingerprint density at radius 2 is 2.00 bits per heavy atom. The molecule has 0 bridgehead atoms. The summed E-state index contributed by atoms with van der Waals surface area (Å²) in [4.78, 5) is 33.2. The molecule has 1 aromatic carbocycles. The average Bonchev–Trinajstić information content (AvgIpc) is 2.61. The zero-order valence-corrected chi connectivity index (χ0v) is 15.4. The number of nitrogens with zero attached hydrogens (tertiary/aromatic N) is 2. The van der Waals surface area contributed by atoms with Crippen molar-refractivity contribution in [3.8, 4) is 0 Å². The van der Waals surface area contributed by atoms with E-state index in [0.29, 0.717) is 29.8 Å². The Labute approximate surface area is 151 Å². The third-order valence-corrected chi connectivity index (χ3v) is 4.82. The fraction of sp³-hybridized carbons (Fsp3) is 0.526. The third-order valence-electron chi connectivity index (χ3n) is 4.82. The summed E-state index contributed by atoms with van der Waals surface area (Å²) < 4.78 is 13.8. The molecular weight excluding hydrogens is 335 g/mol. The van der Waals surface area contributed by atoms with Crippen LogP contribution in [-0.4, -0.2) is 45.6 Å². The first-order valence-electron chi connectivity index (χ1n) is 8.99. The molecule has 1 amide bonds. The first-order valence-corrected chi connectivity index (χ1v) is 8.99. The molecule has 0 radical (unpaired) electrons. The number of piperidine rings is 1. The van der Waals surface area contributed by atoms with Gasteiger partial charge in [-0.3, -0.25) is 9.59 Å². The summed E-state index contributed by atoms with van der Waals surface area (Å²) in [6.45, 7) is 5.60. The molecule has 1 aromatic heterocycles. The number of aromatic nitrogens is 2. The van der Waals surface area contributed by atoms with Crippen LogP contribution >= 0.6 is 0 Å². The van der Waals surface area contributed by atoms with Crippen LogP contribution in [0.2, 0.25) is 0 Å². The highest BCUT2D eigenvalue weighted by atomic mass is 19.1. The lowest BCUT2D eigenvalue weighted by Gasteiger charge is -2.35. The summed E-state index contributed by atoms with van der Waals surface area (Å²) in [5, 5.41) is 4.03. The van der Waals surface area contributed by atoms with Crippen LogP contribution in [0.4, 0.5) is 4.39 Å². The Morgan fingerprint density at radius 1 is 1.35 bits per heavy atom. The largest absolute Gasteiger partial charge is 0.340 e. The van der Waals surface area contributed by atoms with Gasteiger partial charge in [-0.25, -0.2) is 9.37 Å². The first-order chi connectivity index (χ1) is 12.3. The van der Waals surface area contributed by atoms with Gasteiger partial charge in [0, 0.05) is 19.1 Å². The Kier molecular flexibility index (Phi) is 5.09. The number of carbonyl (C=O) groups excluding carboxylic acids is 1. The Morgan fingerprint density at radius 3 is 2.65 bits per heavy atom. The number of amides is 1. The molecule has 1 aliphatic heterocycles. The summed E-state index contributed by atoms with van der Waals surface area (Å²) in [5.41, 5.74) is -1.31. The second-order valence-electron chi connectivity index (χ2n) is 7.40. The number of aromatic amines is 1. The number of halogens is 1. The molecule has 2 N–H and O–H groups in total. The lowest BCUT2D eigenvalue weighted by Crippen LogP contribution is -2.50. The van der Waals surface area contributed by atoms with Crippen LogP contribution in [0.5, 0.6) is 0 Å². The van der Waals surface area contributed by atoms with Gasteiger partial charge in [0.2, 0.25) is 0 Å². The van der Waals surface area contributed by atoms with Crippen molar-refractivity contribution in [3.05, 3.63) is 40.4 Å². The minimum absolute atomic E-state index is 0.128. The molecule has 1 unspecified atom stereocenters. The van der Waals surface area contributed by atoms with Crippen LogP contribution in [0.1, 0.15) is 45.5 Å². The molecule has 2 heterocycles. The lowest BCUT2D eigenvalue weighted by molar-refractivity contribution is -0.143. The number of alkyl halides is 1. The number of para-hydroxylation sites is 1. The van der Waals surface area contributed by atoms with E-state index in [9.17, 15) is 14.0 Å². The minimum Gasteiger partial charge on any atom is -0.340 e. The second-order valence-corrected chi connectivity index (χ2v) is 7.40. The van der Waals surface area contributed by atoms with E-state index in [1.54, 1.807) is 11.0 Å². The van der Waals surface area contributed by atoms with E-state index in [4.69, 9.17) is 0 Å². The van der Waals surface area contributed by atoms with E-state index in [2.05, 4.69) is 15.3 Å². The Hall–Kier alpha value is -2.28. The van der Waals surface area contributed by atoms with Crippen molar-refractivity contribution in [1.29, 1.82) is 0 Å². The summed E-state index contributed by atoms with van der Waals surface area (Å²) in [5.74, 6) is 0.140. The Balaban J connectivity index is 1.64. The predicted molar refractivity (Wildman–Crippen MR) is 98.7 cm³/mol. The standard InChI is InChI=1S/C19H25FN4O2/c1-12(16-22-15-7-5-4-6-14(15)17(25)23-16)21-13-8-10-24(11-9-13)18(26)19(2,3)20/h4-7,12-13,21H,8-11H2,1-3H3,(H,22,23,25). The van der Waals surface area contributed by atoms with Gasteiger partial charge < -0.3 is 15.2 Å². The molecule has 0 aliphatic carbocycles. The van der Waals surface area contributed by atoms with Crippen molar-refractivity contribution < 1.29 is 9.18 Å². The van der Waals surface area contributed by atoms with Gasteiger partial charge in [0.1, 0.15) is 5.82 Å². The van der Waals surface area contributed by atoms with E-state index in [-0.39, 0.29) is 17.6 Å². The SMILES string of the molecule is CC(NC1CCN(C(=O)C(C)(C)F)CC1)c1nc2ccccc2c(=O)[nH]1. The van der Waals surface area contributed by atoms with Crippen LogP contribution in [0.15, 0.2) is 29.1 Å². The molecular formula is C19H25FN4O2. The van der Waals surface area contributed by atoms with Gasteiger partial charge in [-0.1, -0.05) is 12.1 Å². The van der Waals surface area contributed by atoms with Crippen molar-refractivity contribution in [2.75, 3.05) is 13.1 Å². The molecule has 1 saturated heterocycles. The van der Waals surface area contributed by atoms with Crippen LogP contribution in [-0.2, 0) is 4.79 Å². The predicted octanol–water partition coefficient (Wildman–Crippen LogP) is 2.31. The number of carbonyl (C=O) groups is 1. The monoisotopic (exact) mass is 360 g/mol. The van der Waals surface area contributed by atoms with E-state index in [0.717, 1.165) is 12.8 Å². The number of fused-ring (bicyclic) bond motifs is 1. The van der Waals surface area contributed by atoms with Gasteiger partial charge in [0.25, 0.3) is 11.5 Å². The maximum atomic E-state index is 13.8. The topological polar surface area (TPSA) is 78.1 Å². The zero-order valence-electron chi connectivity index (χ0n) is 15.4. The summed E-state index contributed by atoms with van der Waals surface area (Å²) >= 11 is 0. The quantitative estimate of drug-likeness (QED) is 0.877. The van der Waals surface area contributed by atoms with Crippen molar-refractivity contribution in [2.24, 2.45) is 0 Å². The molecule has 1 atom stereocenters. The van der Waals surface area contributed by atoms with Crippen LogP contribution in [0.3, 0.4) is 0 Å². The summed E-state index contributed by atoms with van der Waals surface area (Å²) in [6.07, 6.45) is 1.48. The van der Waals surface area contributed by atoms with Crippen molar-refractivity contribution in [3.63, 3.8) is 0 Å². The second kappa shape index (κ2) is 7.15. The number of likely N-dealkylation sites (tertiary alicyclic amines) is 1. The normalized spacial score (nSPS) is 17.5. The minimum atomic E-state index is -1.83. The average molecular weight is 360 g/mol. The molecule has 0 saturated carbocycles. The van der Waals surface area contributed by atoms with E-state index >= 15 is 0 Å². The molecule has 1 fully saturated rings. The molecule has 2 aromatic rings. The number of rotatable bonds is 4. The molecule has 3 rings (SSSR count). The summed E-state index contributed by atoms with van der Waals surface area (Å²) in [6, 6.07) is 7.31. The van der Waals surface area contributed by atoms with Gasteiger partial charge >= 0.3 is 0 Å². The maximum absolute atomic E-state index is 13.8.